The Labute approximate surface area is 118 Å². The molecule has 1 aliphatic rings. The van der Waals surface area contributed by atoms with Crippen LogP contribution >= 0.6 is 11.8 Å². The molecule has 19 heavy (non-hydrogen) atoms. The molecule has 104 valence electrons. The van der Waals surface area contributed by atoms with Gasteiger partial charge in [0.25, 0.3) is 5.91 Å². The van der Waals surface area contributed by atoms with Gasteiger partial charge in [0.1, 0.15) is 0 Å². The normalized spacial score (nSPS) is 18.3. The number of carbonyl (C=O) groups is 1. The Hall–Kier alpha value is -1.36. The summed E-state index contributed by atoms with van der Waals surface area (Å²) in [5.74, 6) is 3.08. The van der Waals surface area contributed by atoms with Gasteiger partial charge in [0, 0.05) is 24.5 Å². The van der Waals surface area contributed by atoms with Crippen molar-refractivity contribution >= 4 is 29.0 Å². The molecule has 2 rings (SSSR count). The number of nitrogen functional groups attached to an aromatic ring is 1. The summed E-state index contributed by atoms with van der Waals surface area (Å²) in [5.41, 5.74) is 7.99. The monoisotopic (exact) mass is 279 g/mol. The van der Waals surface area contributed by atoms with Gasteiger partial charge in [-0.3, -0.25) is 4.79 Å². The third-order valence-electron chi connectivity index (χ3n) is 3.23. The van der Waals surface area contributed by atoms with Gasteiger partial charge in [-0.2, -0.15) is 11.8 Å². The van der Waals surface area contributed by atoms with Crippen molar-refractivity contribution in [2.75, 3.05) is 35.6 Å². The number of nitrogens with two attached hydrogens (primary N) is 1. The molecule has 1 atom stereocenters. The van der Waals surface area contributed by atoms with Gasteiger partial charge >= 0.3 is 0 Å². The summed E-state index contributed by atoms with van der Waals surface area (Å²) >= 11 is 2.00. The molecule has 0 aromatic heterocycles. The van der Waals surface area contributed by atoms with Gasteiger partial charge < -0.3 is 16.4 Å². The molecule has 1 aromatic rings. The molecule has 5 heteroatoms. The molecule has 1 unspecified atom stereocenters. The fourth-order valence-electron chi connectivity index (χ4n) is 2.16. The summed E-state index contributed by atoms with van der Waals surface area (Å²) in [5, 5.41) is 6.21. The highest BCUT2D eigenvalue weighted by atomic mass is 32.2. The maximum absolute atomic E-state index is 12.0. The van der Waals surface area contributed by atoms with Crippen molar-refractivity contribution < 1.29 is 4.79 Å². The van der Waals surface area contributed by atoms with E-state index in [1.54, 1.807) is 12.1 Å². The summed E-state index contributed by atoms with van der Waals surface area (Å²) in [4.78, 5) is 12.0. The zero-order chi connectivity index (χ0) is 13.7. The van der Waals surface area contributed by atoms with Gasteiger partial charge in [0.05, 0.1) is 5.56 Å². The topological polar surface area (TPSA) is 67.2 Å². The molecule has 4 nitrogen and oxygen atoms in total. The second-order valence-corrected chi connectivity index (χ2v) is 5.92. The van der Waals surface area contributed by atoms with Crippen molar-refractivity contribution in [1.29, 1.82) is 0 Å². The summed E-state index contributed by atoms with van der Waals surface area (Å²) in [6.45, 7) is 3.45. The molecule has 0 saturated carbocycles. The minimum atomic E-state index is -0.0502. The molecule has 1 aliphatic heterocycles. The molecule has 0 bridgehead atoms. The molecule has 1 heterocycles. The number of hydrogen-bond donors (Lipinski definition) is 3. The number of thioether (sulfide) groups is 1. The van der Waals surface area contributed by atoms with E-state index in [9.17, 15) is 4.79 Å². The highest BCUT2D eigenvalue weighted by molar-refractivity contribution is 7.99. The van der Waals surface area contributed by atoms with E-state index in [0.29, 0.717) is 23.7 Å². The van der Waals surface area contributed by atoms with Gasteiger partial charge in [0.15, 0.2) is 0 Å². The van der Waals surface area contributed by atoms with Crippen LogP contribution in [0.1, 0.15) is 23.7 Å². The number of hydrogen-bond acceptors (Lipinski definition) is 4. The Kier molecular flexibility index (Phi) is 4.96. The molecule has 1 amide bonds. The summed E-state index contributed by atoms with van der Waals surface area (Å²) in [6, 6.07) is 5.39. The Morgan fingerprint density at radius 3 is 3.05 bits per heavy atom. The lowest BCUT2D eigenvalue weighted by Gasteiger charge is -2.15. The number of anilines is 2. The third kappa shape index (κ3) is 3.80. The first-order chi connectivity index (χ1) is 9.20. The standard InChI is InChI=1S/C14H21N3OS/c1-2-16-14(18)12-4-3-11(15)7-13(12)17-8-10-5-6-19-9-10/h3-4,7,10,17H,2,5-6,8-9,15H2,1H3,(H,16,18). The quantitative estimate of drug-likeness (QED) is 0.723. The Bertz CT molecular complexity index is 444. The summed E-state index contributed by atoms with van der Waals surface area (Å²) in [6.07, 6.45) is 1.25. The zero-order valence-corrected chi connectivity index (χ0v) is 12.1. The fraction of sp³-hybridized carbons (Fsp3) is 0.500. The maximum Gasteiger partial charge on any atom is 0.253 e. The molecular formula is C14H21N3OS. The summed E-state index contributed by atoms with van der Waals surface area (Å²) in [7, 11) is 0. The van der Waals surface area contributed by atoms with E-state index in [1.807, 2.05) is 24.8 Å². The number of carbonyl (C=O) groups excluding carboxylic acids is 1. The molecular weight excluding hydrogens is 258 g/mol. The minimum Gasteiger partial charge on any atom is -0.399 e. The third-order valence-corrected chi connectivity index (χ3v) is 4.46. The van der Waals surface area contributed by atoms with Gasteiger partial charge in [-0.05, 0) is 49.0 Å². The SMILES string of the molecule is CCNC(=O)c1ccc(N)cc1NCC1CCSC1. The maximum atomic E-state index is 12.0. The fourth-order valence-corrected chi connectivity index (χ4v) is 3.45. The lowest BCUT2D eigenvalue weighted by atomic mass is 10.1. The first kappa shape index (κ1) is 14.1. The predicted molar refractivity (Wildman–Crippen MR) is 82.8 cm³/mol. The Morgan fingerprint density at radius 1 is 1.53 bits per heavy atom. The van der Waals surface area contributed by atoms with E-state index >= 15 is 0 Å². The van der Waals surface area contributed by atoms with Crippen molar-refractivity contribution in [1.82, 2.24) is 5.32 Å². The van der Waals surface area contributed by atoms with E-state index in [1.165, 1.54) is 17.9 Å². The van der Waals surface area contributed by atoms with Crippen LogP contribution in [0.5, 0.6) is 0 Å². The number of amides is 1. The van der Waals surface area contributed by atoms with Crippen LogP contribution in [0.15, 0.2) is 18.2 Å². The van der Waals surface area contributed by atoms with E-state index in [2.05, 4.69) is 10.6 Å². The lowest BCUT2D eigenvalue weighted by Crippen LogP contribution is -2.24. The van der Waals surface area contributed by atoms with Crippen LogP contribution in [0.4, 0.5) is 11.4 Å². The average molecular weight is 279 g/mol. The van der Waals surface area contributed by atoms with Gasteiger partial charge in [0.2, 0.25) is 0 Å². The number of benzene rings is 1. The Morgan fingerprint density at radius 2 is 2.37 bits per heavy atom. The van der Waals surface area contributed by atoms with E-state index in [-0.39, 0.29) is 5.91 Å². The largest absolute Gasteiger partial charge is 0.399 e. The number of rotatable bonds is 5. The zero-order valence-electron chi connectivity index (χ0n) is 11.2. The highest BCUT2D eigenvalue weighted by Gasteiger charge is 2.17. The number of nitrogens with one attached hydrogen (secondary N) is 2. The van der Waals surface area contributed by atoms with Crippen molar-refractivity contribution in [3.05, 3.63) is 23.8 Å². The van der Waals surface area contributed by atoms with Crippen molar-refractivity contribution in [3.8, 4) is 0 Å². The summed E-state index contributed by atoms with van der Waals surface area (Å²) < 4.78 is 0. The van der Waals surface area contributed by atoms with Gasteiger partial charge in [-0.1, -0.05) is 0 Å². The highest BCUT2D eigenvalue weighted by Crippen LogP contribution is 2.25. The minimum absolute atomic E-state index is 0.0502. The smallest absolute Gasteiger partial charge is 0.253 e. The van der Waals surface area contributed by atoms with Crippen LogP contribution in [0.25, 0.3) is 0 Å². The van der Waals surface area contributed by atoms with Gasteiger partial charge in [-0.25, -0.2) is 0 Å². The second kappa shape index (κ2) is 6.70. The molecule has 0 radical (unpaired) electrons. The van der Waals surface area contributed by atoms with Crippen LogP contribution in [-0.4, -0.2) is 30.5 Å². The molecule has 4 N–H and O–H groups in total. The van der Waals surface area contributed by atoms with Gasteiger partial charge in [-0.15, -0.1) is 0 Å². The van der Waals surface area contributed by atoms with Crippen molar-refractivity contribution in [2.24, 2.45) is 5.92 Å². The van der Waals surface area contributed by atoms with Crippen molar-refractivity contribution in [3.63, 3.8) is 0 Å². The average Bonchev–Trinajstić information content (AvgIpc) is 2.89. The molecule has 1 saturated heterocycles. The molecule has 1 aromatic carbocycles. The van der Waals surface area contributed by atoms with E-state index in [4.69, 9.17) is 5.73 Å². The first-order valence-electron chi connectivity index (χ1n) is 6.70. The second-order valence-electron chi connectivity index (χ2n) is 4.77. The molecule has 1 fully saturated rings. The van der Waals surface area contributed by atoms with Crippen LogP contribution in [0.2, 0.25) is 0 Å². The predicted octanol–water partition coefficient (Wildman–Crippen LogP) is 2.18. The Balaban J connectivity index is 2.07. The van der Waals surface area contributed by atoms with E-state index in [0.717, 1.165) is 12.2 Å². The molecule has 0 spiro atoms. The van der Waals surface area contributed by atoms with Crippen molar-refractivity contribution in [2.45, 2.75) is 13.3 Å². The van der Waals surface area contributed by atoms with Crippen LogP contribution in [0, 0.1) is 5.92 Å². The van der Waals surface area contributed by atoms with Crippen LogP contribution in [0.3, 0.4) is 0 Å². The van der Waals surface area contributed by atoms with Crippen LogP contribution in [-0.2, 0) is 0 Å². The van der Waals surface area contributed by atoms with Crippen LogP contribution < -0.4 is 16.4 Å². The lowest BCUT2D eigenvalue weighted by molar-refractivity contribution is 0.0956. The first-order valence-corrected chi connectivity index (χ1v) is 7.85. The molecule has 0 aliphatic carbocycles. The van der Waals surface area contributed by atoms with E-state index < -0.39 is 0 Å².